The van der Waals surface area contributed by atoms with Crippen LogP contribution in [0.1, 0.15) is 5.56 Å². The van der Waals surface area contributed by atoms with E-state index in [0.29, 0.717) is 21.8 Å². The van der Waals surface area contributed by atoms with Crippen LogP contribution in [0, 0.1) is 12.7 Å². The molecule has 2 aromatic rings. The fourth-order valence-electron chi connectivity index (χ4n) is 1.61. The predicted molar refractivity (Wildman–Crippen MR) is 66.0 cm³/mol. The molecule has 0 atom stereocenters. The molecule has 0 saturated heterocycles. The topological polar surface area (TPSA) is 26.0 Å². The lowest BCUT2D eigenvalue weighted by Gasteiger charge is -2.08. The second-order valence-corrected chi connectivity index (χ2v) is 4.15. The SMILES string of the molecule is Cc1ccc(F)c(-c2cc(Cl)ccc2N)c1. The smallest absolute Gasteiger partial charge is 0.131 e. The summed E-state index contributed by atoms with van der Waals surface area (Å²) in [4.78, 5) is 0. The maximum Gasteiger partial charge on any atom is 0.131 e. The van der Waals surface area contributed by atoms with E-state index < -0.39 is 0 Å². The Labute approximate surface area is 98.7 Å². The molecule has 0 aliphatic rings. The normalized spacial score (nSPS) is 10.4. The van der Waals surface area contributed by atoms with Crippen molar-refractivity contribution in [3.63, 3.8) is 0 Å². The van der Waals surface area contributed by atoms with Gasteiger partial charge in [-0.25, -0.2) is 4.39 Å². The summed E-state index contributed by atoms with van der Waals surface area (Å²) >= 11 is 5.88. The second kappa shape index (κ2) is 4.14. The van der Waals surface area contributed by atoms with Crippen LogP contribution in [-0.2, 0) is 0 Å². The molecule has 0 spiro atoms. The highest BCUT2D eigenvalue weighted by Crippen LogP contribution is 2.31. The molecule has 0 unspecified atom stereocenters. The van der Waals surface area contributed by atoms with Gasteiger partial charge >= 0.3 is 0 Å². The number of hydrogen-bond acceptors (Lipinski definition) is 1. The molecule has 2 rings (SSSR count). The van der Waals surface area contributed by atoms with Gasteiger partial charge in [0.15, 0.2) is 0 Å². The summed E-state index contributed by atoms with van der Waals surface area (Å²) in [5.41, 5.74) is 8.44. The van der Waals surface area contributed by atoms with Gasteiger partial charge in [-0.15, -0.1) is 0 Å². The lowest BCUT2D eigenvalue weighted by molar-refractivity contribution is 0.631. The van der Waals surface area contributed by atoms with E-state index in [2.05, 4.69) is 0 Å². The van der Waals surface area contributed by atoms with Gasteiger partial charge in [0, 0.05) is 21.8 Å². The zero-order valence-electron chi connectivity index (χ0n) is 8.80. The summed E-state index contributed by atoms with van der Waals surface area (Å²) in [6.07, 6.45) is 0. The molecule has 82 valence electrons. The maximum absolute atomic E-state index is 13.7. The van der Waals surface area contributed by atoms with E-state index in [1.54, 1.807) is 30.3 Å². The fraction of sp³-hybridized carbons (Fsp3) is 0.0769. The molecule has 3 heteroatoms. The highest BCUT2D eigenvalue weighted by molar-refractivity contribution is 6.31. The maximum atomic E-state index is 13.7. The number of nitrogen functional groups attached to an aromatic ring is 1. The summed E-state index contributed by atoms with van der Waals surface area (Å²) in [5, 5.41) is 0.546. The molecule has 2 N–H and O–H groups in total. The standard InChI is InChI=1S/C13H11ClFN/c1-8-2-4-12(15)10(6-8)11-7-9(14)3-5-13(11)16/h2-7H,16H2,1H3. The molecule has 0 aliphatic heterocycles. The summed E-state index contributed by atoms with van der Waals surface area (Å²) in [7, 11) is 0. The molecule has 0 aliphatic carbocycles. The van der Waals surface area contributed by atoms with Crippen molar-refractivity contribution in [2.75, 3.05) is 5.73 Å². The van der Waals surface area contributed by atoms with Crippen molar-refractivity contribution in [1.29, 1.82) is 0 Å². The van der Waals surface area contributed by atoms with Crippen LogP contribution in [0.3, 0.4) is 0 Å². The van der Waals surface area contributed by atoms with Gasteiger partial charge in [-0.05, 0) is 37.3 Å². The van der Waals surface area contributed by atoms with Crippen LogP contribution in [0.5, 0.6) is 0 Å². The van der Waals surface area contributed by atoms with Gasteiger partial charge in [0.25, 0.3) is 0 Å². The minimum atomic E-state index is -0.292. The Hall–Kier alpha value is -1.54. The van der Waals surface area contributed by atoms with Gasteiger partial charge in [-0.3, -0.25) is 0 Å². The van der Waals surface area contributed by atoms with E-state index in [-0.39, 0.29) is 5.82 Å². The van der Waals surface area contributed by atoms with Crippen LogP contribution in [0.2, 0.25) is 5.02 Å². The van der Waals surface area contributed by atoms with Crippen molar-refractivity contribution in [2.24, 2.45) is 0 Å². The first kappa shape index (κ1) is 11.0. The number of hydrogen-bond donors (Lipinski definition) is 1. The number of aryl methyl sites for hydroxylation is 1. The minimum absolute atomic E-state index is 0.292. The van der Waals surface area contributed by atoms with Crippen LogP contribution in [-0.4, -0.2) is 0 Å². The van der Waals surface area contributed by atoms with Gasteiger partial charge in [0.1, 0.15) is 5.82 Å². The molecule has 1 nitrogen and oxygen atoms in total. The van der Waals surface area contributed by atoms with Gasteiger partial charge in [-0.2, -0.15) is 0 Å². The lowest BCUT2D eigenvalue weighted by Crippen LogP contribution is -1.92. The Kier molecular flexibility index (Phi) is 2.84. The van der Waals surface area contributed by atoms with Crippen LogP contribution in [0.4, 0.5) is 10.1 Å². The second-order valence-electron chi connectivity index (χ2n) is 3.71. The summed E-state index contributed by atoms with van der Waals surface area (Å²) in [6.45, 7) is 1.91. The molecule has 0 radical (unpaired) electrons. The van der Waals surface area contributed by atoms with Gasteiger partial charge in [0.2, 0.25) is 0 Å². The van der Waals surface area contributed by atoms with Crippen molar-refractivity contribution in [2.45, 2.75) is 6.92 Å². The Morgan fingerprint density at radius 2 is 1.81 bits per heavy atom. The summed E-state index contributed by atoms with van der Waals surface area (Å²) in [5.74, 6) is -0.292. The molecular weight excluding hydrogens is 225 g/mol. The largest absolute Gasteiger partial charge is 0.398 e. The Morgan fingerprint density at radius 3 is 2.56 bits per heavy atom. The Bertz CT molecular complexity index is 488. The number of anilines is 1. The van der Waals surface area contributed by atoms with Crippen molar-refractivity contribution in [1.82, 2.24) is 0 Å². The van der Waals surface area contributed by atoms with Crippen LogP contribution in [0.15, 0.2) is 36.4 Å². The monoisotopic (exact) mass is 235 g/mol. The molecule has 0 saturated carbocycles. The van der Waals surface area contributed by atoms with E-state index in [1.165, 1.54) is 6.07 Å². The van der Waals surface area contributed by atoms with E-state index in [4.69, 9.17) is 17.3 Å². The minimum Gasteiger partial charge on any atom is -0.398 e. The fourth-order valence-corrected chi connectivity index (χ4v) is 1.78. The number of rotatable bonds is 1. The third kappa shape index (κ3) is 2.02. The first-order chi connectivity index (χ1) is 7.58. The van der Waals surface area contributed by atoms with Crippen molar-refractivity contribution >= 4 is 17.3 Å². The van der Waals surface area contributed by atoms with E-state index in [0.717, 1.165) is 5.56 Å². The Morgan fingerprint density at radius 1 is 1.06 bits per heavy atom. The van der Waals surface area contributed by atoms with Crippen LogP contribution >= 0.6 is 11.6 Å². The average molecular weight is 236 g/mol. The highest BCUT2D eigenvalue weighted by Gasteiger charge is 2.09. The lowest BCUT2D eigenvalue weighted by atomic mass is 10.0. The van der Waals surface area contributed by atoms with Gasteiger partial charge in [0.05, 0.1) is 0 Å². The van der Waals surface area contributed by atoms with Crippen LogP contribution < -0.4 is 5.73 Å². The zero-order valence-corrected chi connectivity index (χ0v) is 9.55. The van der Waals surface area contributed by atoms with Crippen molar-refractivity contribution in [3.8, 4) is 11.1 Å². The zero-order chi connectivity index (χ0) is 11.7. The number of benzene rings is 2. The molecule has 0 fully saturated rings. The summed E-state index contributed by atoms with van der Waals surface area (Å²) < 4.78 is 13.7. The molecule has 0 aromatic heterocycles. The Balaban J connectivity index is 2.66. The highest BCUT2D eigenvalue weighted by atomic mass is 35.5. The molecular formula is C13H11ClFN. The quantitative estimate of drug-likeness (QED) is 0.742. The molecule has 0 amide bonds. The van der Waals surface area contributed by atoms with E-state index in [1.807, 2.05) is 6.92 Å². The van der Waals surface area contributed by atoms with Gasteiger partial charge in [-0.1, -0.05) is 23.2 Å². The molecule has 2 aromatic carbocycles. The van der Waals surface area contributed by atoms with Crippen LogP contribution in [0.25, 0.3) is 11.1 Å². The third-order valence-corrected chi connectivity index (χ3v) is 2.66. The average Bonchev–Trinajstić information content (AvgIpc) is 2.25. The van der Waals surface area contributed by atoms with E-state index >= 15 is 0 Å². The molecule has 16 heavy (non-hydrogen) atoms. The number of halogens is 2. The molecule has 0 bridgehead atoms. The first-order valence-electron chi connectivity index (χ1n) is 4.89. The van der Waals surface area contributed by atoms with E-state index in [9.17, 15) is 4.39 Å². The predicted octanol–water partition coefficient (Wildman–Crippen LogP) is 4.04. The summed E-state index contributed by atoms with van der Waals surface area (Å²) in [6, 6.07) is 9.96. The molecule has 0 heterocycles. The van der Waals surface area contributed by atoms with Crippen molar-refractivity contribution < 1.29 is 4.39 Å². The van der Waals surface area contributed by atoms with Crippen molar-refractivity contribution in [3.05, 3.63) is 52.8 Å². The number of nitrogens with two attached hydrogens (primary N) is 1. The third-order valence-electron chi connectivity index (χ3n) is 2.43. The van der Waals surface area contributed by atoms with Gasteiger partial charge < -0.3 is 5.73 Å². The first-order valence-corrected chi connectivity index (χ1v) is 5.27.